The molecular weight excluding hydrogens is 280 g/mol. The first-order valence-corrected chi connectivity index (χ1v) is 7.08. The number of nitrogens with zero attached hydrogens (tertiary/aromatic N) is 2. The molecule has 7 nitrogen and oxygen atoms in total. The molecule has 1 aromatic heterocycles. The average Bonchev–Trinajstić information content (AvgIpc) is 2.85. The molecule has 104 valence electrons. The highest BCUT2D eigenvalue weighted by atomic mass is 32.2. The smallest absolute Gasteiger partial charge is 0.265 e. The Balaban J connectivity index is 2.50. The molecular formula is C12H12N4O3S. The monoisotopic (exact) mass is 292 g/mol. The zero-order valence-corrected chi connectivity index (χ0v) is 11.7. The van der Waals surface area contributed by atoms with E-state index in [0.29, 0.717) is 5.69 Å². The minimum atomic E-state index is -3.84. The number of anilines is 1. The van der Waals surface area contributed by atoms with E-state index in [1.807, 2.05) is 6.07 Å². The number of aryl methyl sites for hydroxylation is 1. The maximum absolute atomic E-state index is 12.3. The molecule has 0 bridgehead atoms. The molecule has 0 fully saturated rings. The van der Waals surface area contributed by atoms with Gasteiger partial charge in [0.15, 0.2) is 0 Å². The van der Waals surface area contributed by atoms with Gasteiger partial charge in [-0.2, -0.15) is 10.4 Å². The van der Waals surface area contributed by atoms with Gasteiger partial charge in [-0.25, -0.2) is 8.42 Å². The summed E-state index contributed by atoms with van der Waals surface area (Å²) in [6.45, 7) is 1.59. The Morgan fingerprint density at radius 1 is 1.45 bits per heavy atom. The summed E-state index contributed by atoms with van der Waals surface area (Å²) in [7, 11) is -2.44. The third kappa shape index (κ3) is 2.44. The molecule has 0 saturated heterocycles. The Labute approximate surface area is 116 Å². The summed E-state index contributed by atoms with van der Waals surface area (Å²) in [6.07, 6.45) is 1.21. The van der Waals surface area contributed by atoms with Crippen molar-refractivity contribution in [2.75, 3.05) is 11.8 Å². The van der Waals surface area contributed by atoms with Gasteiger partial charge in [-0.15, -0.1) is 0 Å². The largest absolute Gasteiger partial charge is 0.495 e. The van der Waals surface area contributed by atoms with Crippen LogP contribution in [0.2, 0.25) is 0 Å². The molecule has 0 amide bonds. The third-order valence-corrected chi connectivity index (χ3v) is 4.14. The van der Waals surface area contributed by atoms with E-state index < -0.39 is 10.0 Å². The highest BCUT2D eigenvalue weighted by Crippen LogP contribution is 2.30. The number of hydrogen-bond donors (Lipinski definition) is 2. The molecule has 1 aromatic carbocycles. The minimum absolute atomic E-state index is 0.0206. The fourth-order valence-corrected chi connectivity index (χ4v) is 2.93. The van der Waals surface area contributed by atoms with Gasteiger partial charge in [0.25, 0.3) is 10.0 Å². The molecule has 2 N–H and O–H groups in total. The van der Waals surface area contributed by atoms with E-state index in [1.165, 1.54) is 19.4 Å². The molecule has 0 aliphatic carbocycles. The molecule has 0 aliphatic rings. The van der Waals surface area contributed by atoms with Crippen molar-refractivity contribution < 1.29 is 13.2 Å². The Bertz CT molecular complexity index is 774. The number of sulfonamides is 1. The predicted molar refractivity (Wildman–Crippen MR) is 71.8 cm³/mol. The molecule has 2 aromatic rings. The van der Waals surface area contributed by atoms with Crippen molar-refractivity contribution >= 4 is 15.7 Å². The number of nitriles is 1. The summed E-state index contributed by atoms with van der Waals surface area (Å²) in [5.41, 5.74) is 0.693. The van der Waals surface area contributed by atoms with Gasteiger partial charge in [0.1, 0.15) is 22.4 Å². The predicted octanol–water partition coefficient (Wildman–Crippen LogP) is 1.40. The van der Waals surface area contributed by atoms with Crippen molar-refractivity contribution in [2.24, 2.45) is 0 Å². The van der Waals surface area contributed by atoms with Gasteiger partial charge in [-0.3, -0.25) is 9.82 Å². The fourth-order valence-electron chi connectivity index (χ4n) is 1.70. The quantitative estimate of drug-likeness (QED) is 0.885. The Morgan fingerprint density at radius 2 is 2.20 bits per heavy atom. The van der Waals surface area contributed by atoms with Crippen molar-refractivity contribution in [3.05, 3.63) is 35.7 Å². The number of aromatic nitrogens is 2. The third-order valence-electron chi connectivity index (χ3n) is 2.68. The molecule has 0 spiro atoms. The maximum atomic E-state index is 12.3. The number of nitrogens with one attached hydrogen (secondary N) is 2. The topological polar surface area (TPSA) is 108 Å². The molecule has 0 aliphatic heterocycles. The lowest BCUT2D eigenvalue weighted by Gasteiger charge is -2.12. The summed E-state index contributed by atoms with van der Waals surface area (Å²) in [6, 6.07) is 6.60. The second-order valence-electron chi connectivity index (χ2n) is 3.96. The summed E-state index contributed by atoms with van der Waals surface area (Å²) < 4.78 is 32.0. The molecule has 8 heteroatoms. The molecule has 0 unspecified atom stereocenters. The fraction of sp³-hybridized carbons (Fsp3) is 0.167. The number of rotatable bonds is 4. The van der Waals surface area contributed by atoms with Gasteiger partial charge in [0, 0.05) is 0 Å². The van der Waals surface area contributed by atoms with Gasteiger partial charge < -0.3 is 4.74 Å². The van der Waals surface area contributed by atoms with E-state index in [9.17, 15) is 8.42 Å². The molecule has 2 rings (SSSR count). The lowest BCUT2D eigenvalue weighted by atomic mass is 10.2. The van der Waals surface area contributed by atoms with Crippen LogP contribution in [0.4, 0.5) is 5.69 Å². The Hall–Kier alpha value is -2.53. The number of aromatic amines is 1. The van der Waals surface area contributed by atoms with E-state index in [-0.39, 0.29) is 21.9 Å². The summed E-state index contributed by atoms with van der Waals surface area (Å²) >= 11 is 0. The van der Waals surface area contributed by atoms with Crippen LogP contribution >= 0.6 is 0 Å². The first-order chi connectivity index (χ1) is 9.49. The van der Waals surface area contributed by atoms with Gasteiger partial charge in [0.2, 0.25) is 0 Å². The SMILES string of the molecule is COc1cccc(C#N)c1NS(=O)(=O)c1cn[nH]c1C. The Kier molecular flexibility index (Phi) is 3.63. The van der Waals surface area contributed by atoms with Crippen LogP contribution in [0.15, 0.2) is 29.3 Å². The first-order valence-electron chi connectivity index (χ1n) is 5.59. The highest BCUT2D eigenvalue weighted by molar-refractivity contribution is 7.92. The zero-order valence-electron chi connectivity index (χ0n) is 10.8. The van der Waals surface area contributed by atoms with E-state index in [4.69, 9.17) is 10.00 Å². The van der Waals surface area contributed by atoms with Gasteiger partial charge in [-0.1, -0.05) is 6.07 Å². The summed E-state index contributed by atoms with van der Waals surface area (Å²) in [5.74, 6) is 0.272. The lowest BCUT2D eigenvalue weighted by Crippen LogP contribution is -2.15. The van der Waals surface area contributed by atoms with Crippen LogP contribution in [0.25, 0.3) is 0 Å². The van der Waals surface area contributed by atoms with Crippen LogP contribution in [-0.4, -0.2) is 25.7 Å². The van der Waals surface area contributed by atoms with Crippen molar-refractivity contribution in [2.45, 2.75) is 11.8 Å². The number of benzene rings is 1. The second-order valence-corrected chi connectivity index (χ2v) is 5.61. The maximum Gasteiger partial charge on any atom is 0.265 e. The number of H-pyrrole nitrogens is 1. The molecule has 0 atom stereocenters. The standard InChI is InChI=1S/C12H12N4O3S/c1-8-11(7-14-15-8)20(17,18)16-12-9(6-13)4-3-5-10(12)19-2/h3-5,7,16H,1-2H3,(H,14,15). The van der Waals surface area contributed by atoms with Crippen LogP contribution in [0, 0.1) is 18.3 Å². The van der Waals surface area contributed by atoms with Crippen LogP contribution in [0.1, 0.15) is 11.3 Å². The van der Waals surface area contributed by atoms with Crippen LogP contribution in [0.3, 0.4) is 0 Å². The number of para-hydroxylation sites is 1. The molecule has 0 saturated carbocycles. The van der Waals surface area contributed by atoms with Crippen LogP contribution in [0.5, 0.6) is 5.75 Å². The highest BCUT2D eigenvalue weighted by Gasteiger charge is 2.22. The zero-order chi connectivity index (χ0) is 14.8. The molecule has 0 radical (unpaired) electrons. The number of ether oxygens (including phenoxy) is 1. The van der Waals surface area contributed by atoms with Crippen molar-refractivity contribution in [3.8, 4) is 11.8 Å². The molecule has 20 heavy (non-hydrogen) atoms. The second kappa shape index (κ2) is 5.22. The van der Waals surface area contributed by atoms with Gasteiger partial charge >= 0.3 is 0 Å². The lowest BCUT2D eigenvalue weighted by molar-refractivity contribution is 0.416. The normalized spacial score (nSPS) is 10.8. The van der Waals surface area contributed by atoms with Gasteiger partial charge in [-0.05, 0) is 19.1 Å². The number of methoxy groups -OCH3 is 1. The van der Waals surface area contributed by atoms with E-state index >= 15 is 0 Å². The molecule has 1 heterocycles. The van der Waals surface area contributed by atoms with Gasteiger partial charge in [0.05, 0.1) is 24.6 Å². The van der Waals surface area contributed by atoms with E-state index in [2.05, 4.69) is 14.9 Å². The van der Waals surface area contributed by atoms with Crippen molar-refractivity contribution in [3.63, 3.8) is 0 Å². The first kappa shape index (κ1) is 13.9. The van der Waals surface area contributed by atoms with E-state index in [0.717, 1.165) is 0 Å². The number of hydrogen-bond acceptors (Lipinski definition) is 5. The summed E-state index contributed by atoms with van der Waals surface area (Å²) in [4.78, 5) is 0.0206. The minimum Gasteiger partial charge on any atom is -0.495 e. The van der Waals surface area contributed by atoms with E-state index in [1.54, 1.807) is 19.1 Å². The van der Waals surface area contributed by atoms with Crippen molar-refractivity contribution in [1.82, 2.24) is 10.2 Å². The van der Waals surface area contributed by atoms with Crippen molar-refractivity contribution in [1.29, 1.82) is 5.26 Å². The van der Waals surface area contributed by atoms with Crippen LogP contribution < -0.4 is 9.46 Å². The average molecular weight is 292 g/mol. The Morgan fingerprint density at radius 3 is 2.75 bits per heavy atom. The summed E-state index contributed by atoms with van der Waals surface area (Å²) in [5, 5.41) is 15.3. The van der Waals surface area contributed by atoms with Crippen LogP contribution in [-0.2, 0) is 10.0 Å².